The SMILES string of the molecule is O=C(O)CC(=O)OC1C(OC(=O)C=Cc2ccc(O)c(O)c2)CC(O)(C(=O)O)CC1OC(=O)C=Cc1ccc(O)c(O)c1. The molecule has 0 radical (unpaired) electrons. The Balaban J connectivity index is 1.88. The van der Waals surface area contributed by atoms with Gasteiger partial charge in [0.15, 0.2) is 34.7 Å². The second kappa shape index (κ2) is 13.4. The Morgan fingerprint density at radius 1 is 0.721 bits per heavy atom. The van der Waals surface area contributed by atoms with E-state index in [1.165, 1.54) is 12.1 Å². The molecule has 0 amide bonds. The van der Waals surface area contributed by atoms with Gasteiger partial charge in [-0.25, -0.2) is 14.4 Å². The van der Waals surface area contributed by atoms with Crippen LogP contribution in [0.15, 0.2) is 48.6 Å². The van der Waals surface area contributed by atoms with Gasteiger partial charge in [-0.15, -0.1) is 0 Å². The first-order valence-electron chi connectivity index (χ1n) is 12.4. The highest BCUT2D eigenvalue weighted by Crippen LogP contribution is 2.35. The molecule has 0 spiro atoms. The summed E-state index contributed by atoms with van der Waals surface area (Å²) >= 11 is 0. The van der Waals surface area contributed by atoms with Crippen LogP contribution in [-0.4, -0.2) is 89.5 Å². The highest BCUT2D eigenvalue weighted by molar-refractivity contribution is 5.91. The number of aliphatic carboxylic acids is 2. The van der Waals surface area contributed by atoms with E-state index in [2.05, 4.69) is 0 Å². The molecule has 2 atom stereocenters. The predicted molar refractivity (Wildman–Crippen MR) is 141 cm³/mol. The van der Waals surface area contributed by atoms with Gasteiger partial charge in [0.25, 0.3) is 0 Å². The van der Waals surface area contributed by atoms with Crippen LogP contribution in [0, 0.1) is 0 Å². The van der Waals surface area contributed by atoms with Gasteiger partial charge in [-0.1, -0.05) is 12.1 Å². The van der Waals surface area contributed by atoms with Crippen molar-refractivity contribution >= 4 is 42.0 Å². The lowest BCUT2D eigenvalue weighted by atomic mass is 9.79. The van der Waals surface area contributed by atoms with Gasteiger partial charge in [-0.3, -0.25) is 9.59 Å². The summed E-state index contributed by atoms with van der Waals surface area (Å²) in [5, 5.41) is 67.4. The number of aliphatic hydroxyl groups is 1. The van der Waals surface area contributed by atoms with Crippen molar-refractivity contribution in [3.63, 3.8) is 0 Å². The second-order valence-corrected chi connectivity index (χ2v) is 9.38. The van der Waals surface area contributed by atoms with Crippen LogP contribution in [-0.2, 0) is 38.2 Å². The van der Waals surface area contributed by atoms with Gasteiger partial charge in [0.05, 0.1) is 0 Å². The Morgan fingerprint density at radius 3 is 1.53 bits per heavy atom. The number of phenols is 4. The zero-order valence-corrected chi connectivity index (χ0v) is 22.0. The molecule has 1 saturated carbocycles. The number of carbonyl (C=O) groups excluding carboxylic acids is 3. The molecule has 1 fully saturated rings. The lowest BCUT2D eigenvalue weighted by Gasteiger charge is -2.42. The lowest BCUT2D eigenvalue weighted by Crippen LogP contribution is -2.59. The van der Waals surface area contributed by atoms with Crippen LogP contribution in [0.3, 0.4) is 0 Å². The number of ether oxygens (including phenoxy) is 3. The summed E-state index contributed by atoms with van der Waals surface area (Å²) in [6, 6.07) is 7.18. The third kappa shape index (κ3) is 8.71. The van der Waals surface area contributed by atoms with E-state index in [1.54, 1.807) is 0 Å². The van der Waals surface area contributed by atoms with Gasteiger partial charge in [-0.05, 0) is 47.5 Å². The number of aromatic hydroxyl groups is 4. The van der Waals surface area contributed by atoms with Gasteiger partial charge >= 0.3 is 29.8 Å². The van der Waals surface area contributed by atoms with Crippen LogP contribution < -0.4 is 0 Å². The molecular formula is C28H26O15. The third-order valence-electron chi connectivity index (χ3n) is 6.13. The zero-order chi connectivity index (χ0) is 31.9. The zero-order valence-electron chi connectivity index (χ0n) is 22.0. The van der Waals surface area contributed by atoms with Crippen molar-refractivity contribution in [3.05, 3.63) is 59.7 Å². The van der Waals surface area contributed by atoms with Crippen molar-refractivity contribution in [2.45, 2.75) is 43.2 Å². The molecule has 0 heterocycles. The summed E-state index contributed by atoms with van der Waals surface area (Å²) in [6.07, 6.45) is -4.10. The Bertz CT molecular complexity index is 1390. The Kier molecular flexibility index (Phi) is 9.95. The average Bonchev–Trinajstić information content (AvgIpc) is 2.91. The maximum absolute atomic E-state index is 12.6. The van der Waals surface area contributed by atoms with Crippen LogP contribution >= 0.6 is 0 Å². The molecule has 15 heteroatoms. The summed E-state index contributed by atoms with van der Waals surface area (Å²) in [5.41, 5.74) is -2.17. The summed E-state index contributed by atoms with van der Waals surface area (Å²) in [4.78, 5) is 60.4. The number of carboxylic acid groups (broad SMARTS) is 2. The summed E-state index contributed by atoms with van der Waals surface area (Å²) < 4.78 is 15.6. The molecular weight excluding hydrogens is 576 g/mol. The van der Waals surface area contributed by atoms with Gasteiger partial charge in [-0.2, -0.15) is 0 Å². The van der Waals surface area contributed by atoms with Crippen molar-refractivity contribution in [1.29, 1.82) is 0 Å². The Hall–Kier alpha value is -5.57. The van der Waals surface area contributed by atoms with Crippen LogP contribution in [0.1, 0.15) is 30.4 Å². The predicted octanol–water partition coefficient (Wildman–Crippen LogP) is 1.06. The molecule has 0 saturated heterocycles. The molecule has 2 aromatic rings. The number of benzene rings is 2. The molecule has 43 heavy (non-hydrogen) atoms. The van der Waals surface area contributed by atoms with Crippen molar-refractivity contribution in [2.75, 3.05) is 0 Å². The number of esters is 3. The van der Waals surface area contributed by atoms with Gasteiger partial charge in [0.2, 0.25) is 0 Å². The van der Waals surface area contributed by atoms with E-state index in [0.717, 1.165) is 48.6 Å². The quantitative estimate of drug-likeness (QED) is 0.0659. The monoisotopic (exact) mass is 602 g/mol. The Morgan fingerprint density at radius 2 is 1.16 bits per heavy atom. The van der Waals surface area contributed by atoms with Gasteiger partial charge in [0.1, 0.15) is 18.6 Å². The lowest BCUT2D eigenvalue weighted by molar-refractivity contribution is -0.213. The van der Waals surface area contributed by atoms with Crippen LogP contribution in [0.5, 0.6) is 23.0 Å². The number of carboxylic acids is 2. The Labute approximate surface area is 242 Å². The molecule has 2 aromatic carbocycles. The normalized spacial score (nSPS) is 21.7. The molecule has 0 bridgehead atoms. The van der Waals surface area contributed by atoms with Crippen LogP contribution in [0.25, 0.3) is 12.2 Å². The number of phenolic OH excluding ortho intramolecular Hbond substituents is 4. The fourth-order valence-electron chi connectivity index (χ4n) is 4.08. The highest BCUT2D eigenvalue weighted by atomic mass is 16.6. The van der Waals surface area contributed by atoms with E-state index in [4.69, 9.17) is 19.3 Å². The standard InChI is InChI=1S/C28H26O15/c29-16-5-1-14(9-18(16)31)3-7-23(35)41-20-12-28(40,27(38)39)13-21(26(20)43-25(37)11-22(33)34)42-24(36)8-4-15-2-6-17(30)19(32)10-15/h1-10,20-21,26,29-32,40H,11-13H2,(H,33,34)(H,38,39). The third-order valence-corrected chi connectivity index (χ3v) is 6.13. The minimum atomic E-state index is -2.65. The number of rotatable bonds is 10. The second-order valence-electron chi connectivity index (χ2n) is 9.38. The van der Waals surface area contributed by atoms with E-state index in [9.17, 15) is 54.6 Å². The molecule has 0 aliphatic heterocycles. The summed E-state index contributed by atoms with van der Waals surface area (Å²) in [7, 11) is 0. The minimum absolute atomic E-state index is 0.239. The molecule has 228 valence electrons. The van der Waals surface area contributed by atoms with Crippen molar-refractivity contribution in [2.24, 2.45) is 0 Å². The molecule has 7 N–H and O–H groups in total. The van der Waals surface area contributed by atoms with E-state index in [-0.39, 0.29) is 11.1 Å². The number of carbonyl (C=O) groups is 5. The maximum Gasteiger partial charge on any atom is 0.335 e. The number of hydrogen-bond donors (Lipinski definition) is 7. The topological polar surface area (TPSA) is 255 Å². The molecule has 3 rings (SSSR count). The van der Waals surface area contributed by atoms with Crippen molar-refractivity contribution in [1.82, 2.24) is 0 Å². The fraction of sp³-hybridized carbons (Fsp3) is 0.250. The van der Waals surface area contributed by atoms with E-state index < -0.39 is 96.0 Å². The molecule has 1 aliphatic rings. The van der Waals surface area contributed by atoms with E-state index in [1.807, 2.05) is 0 Å². The molecule has 0 aromatic heterocycles. The summed E-state index contributed by atoms with van der Waals surface area (Å²) in [5.74, 6) is -8.81. The first kappa shape index (κ1) is 32.0. The molecule has 2 unspecified atom stereocenters. The molecule has 1 aliphatic carbocycles. The largest absolute Gasteiger partial charge is 0.504 e. The van der Waals surface area contributed by atoms with Crippen molar-refractivity contribution < 1.29 is 73.9 Å². The van der Waals surface area contributed by atoms with E-state index in [0.29, 0.717) is 0 Å². The van der Waals surface area contributed by atoms with Gasteiger partial charge < -0.3 is 50.0 Å². The van der Waals surface area contributed by atoms with E-state index >= 15 is 0 Å². The van der Waals surface area contributed by atoms with Crippen LogP contribution in [0.2, 0.25) is 0 Å². The fourth-order valence-corrected chi connectivity index (χ4v) is 4.08. The highest BCUT2D eigenvalue weighted by Gasteiger charge is 2.54. The summed E-state index contributed by atoms with van der Waals surface area (Å²) in [6.45, 7) is 0. The first-order valence-corrected chi connectivity index (χ1v) is 12.4. The first-order chi connectivity index (χ1) is 20.2. The smallest absolute Gasteiger partial charge is 0.335 e. The van der Waals surface area contributed by atoms with Gasteiger partial charge in [0, 0.05) is 25.0 Å². The minimum Gasteiger partial charge on any atom is -0.504 e. The van der Waals surface area contributed by atoms with Crippen molar-refractivity contribution in [3.8, 4) is 23.0 Å². The number of hydrogen-bond acceptors (Lipinski definition) is 13. The maximum atomic E-state index is 12.6. The average molecular weight is 603 g/mol. The molecule has 15 nitrogen and oxygen atoms in total. The van der Waals surface area contributed by atoms with Crippen LogP contribution in [0.4, 0.5) is 0 Å².